The second kappa shape index (κ2) is 5.13. The van der Waals surface area contributed by atoms with Crippen LogP contribution in [-0.2, 0) is 0 Å². The van der Waals surface area contributed by atoms with Crippen LogP contribution in [0.5, 0.6) is 0 Å². The van der Waals surface area contributed by atoms with Gasteiger partial charge in [0, 0.05) is 12.6 Å². The first kappa shape index (κ1) is 10.4. The summed E-state index contributed by atoms with van der Waals surface area (Å²) in [5.74, 6) is 0.862. The van der Waals surface area contributed by atoms with Gasteiger partial charge in [0.05, 0.1) is 0 Å². The van der Waals surface area contributed by atoms with Gasteiger partial charge in [-0.1, -0.05) is 19.3 Å². The SMILES string of the molecule is NC(CN1CCCCCCC1)C1CC1. The first-order valence-corrected chi connectivity index (χ1v) is 6.34. The summed E-state index contributed by atoms with van der Waals surface area (Å²) in [4.78, 5) is 2.60. The second-order valence-corrected chi connectivity index (χ2v) is 5.07. The van der Waals surface area contributed by atoms with Crippen molar-refractivity contribution in [3.05, 3.63) is 0 Å². The van der Waals surface area contributed by atoms with Crippen LogP contribution < -0.4 is 5.73 Å². The molecule has 1 unspecified atom stereocenters. The molecule has 2 N–H and O–H groups in total. The Balaban J connectivity index is 1.70. The lowest BCUT2D eigenvalue weighted by Gasteiger charge is -2.27. The van der Waals surface area contributed by atoms with Crippen molar-refractivity contribution in [1.29, 1.82) is 0 Å². The van der Waals surface area contributed by atoms with E-state index in [-0.39, 0.29) is 0 Å². The number of rotatable bonds is 3. The van der Waals surface area contributed by atoms with E-state index in [1.54, 1.807) is 0 Å². The summed E-state index contributed by atoms with van der Waals surface area (Å²) in [5.41, 5.74) is 6.16. The molecule has 0 aromatic heterocycles. The average molecular weight is 196 g/mol. The minimum atomic E-state index is 0.467. The minimum Gasteiger partial charge on any atom is -0.326 e. The summed E-state index contributed by atoms with van der Waals surface area (Å²) in [5, 5.41) is 0. The fourth-order valence-electron chi connectivity index (χ4n) is 2.47. The molecule has 82 valence electrons. The summed E-state index contributed by atoms with van der Waals surface area (Å²) in [7, 11) is 0. The molecule has 2 aliphatic rings. The van der Waals surface area contributed by atoms with Crippen molar-refractivity contribution in [2.75, 3.05) is 19.6 Å². The average Bonchev–Trinajstić information content (AvgIpc) is 2.91. The van der Waals surface area contributed by atoms with Crippen molar-refractivity contribution in [2.45, 2.75) is 51.0 Å². The van der Waals surface area contributed by atoms with E-state index in [0.29, 0.717) is 6.04 Å². The molecule has 1 heterocycles. The highest BCUT2D eigenvalue weighted by Gasteiger charge is 2.29. The number of nitrogens with two attached hydrogens (primary N) is 1. The van der Waals surface area contributed by atoms with Crippen molar-refractivity contribution >= 4 is 0 Å². The van der Waals surface area contributed by atoms with Gasteiger partial charge in [-0.3, -0.25) is 0 Å². The molecule has 2 fully saturated rings. The molecule has 1 atom stereocenters. The highest BCUT2D eigenvalue weighted by molar-refractivity contribution is 4.86. The van der Waals surface area contributed by atoms with Crippen LogP contribution in [0, 0.1) is 5.92 Å². The minimum absolute atomic E-state index is 0.467. The van der Waals surface area contributed by atoms with Crippen molar-refractivity contribution in [3.8, 4) is 0 Å². The lowest BCUT2D eigenvalue weighted by atomic mass is 10.1. The van der Waals surface area contributed by atoms with E-state index in [2.05, 4.69) is 4.90 Å². The number of hydrogen-bond donors (Lipinski definition) is 1. The molecule has 2 rings (SSSR count). The summed E-state index contributed by atoms with van der Waals surface area (Å²) in [6.07, 6.45) is 9.84. The molecule has 14 heavy (non-hydrogen) atoms. The summed E-state index contributed by atoms with van der Waals surface area (Å²) < 4.78 is 0. The molecule has 2 heteroatoms. The number of hydrogen-bond acceptors (Lipinski definition) is 2. The van der Waals surface area contributed by atoms with Crippen LogP contribution in [0.1, 0.15) is 44.9 Å². The third-order valence-corrected chi connectivity index (χ3v) is 3.65. The zero-order valence-corrected chi connectivity index (χ0v) is 9.25. The lowest BCUT2D eigenvalue weighted by molar-refractivity contribution is 0.227. The second-order valence-electron chi connectivity index (χ2n) is 5.07. The molecule has 0 radical (unpaired) electrons. The van der Waals surface area contributed by atoms with Gasteiger partial charge < -0.3 is 10.6 Å². The third-order valence-electron chi connectivity index (χ3n) is 3.65. The highest BCUT2D eigenvalue weighted by atomic mass is 15.1. The van der Waals surface area contributed by atoms with E-state index in [1.807, 2.05) is 0 Å². The van der Waals surface area contributed by atoms with E-state index in [0.717, 1.165) is 12.5 Å². The highest BCUT2D eigenvalue weighted by Crippen LogP contribution is 2.31. The molecule has 1 saturated carbocycles. The van der Waals surface area contributed by atoms with Crippen LogP contribution in [-0.4, -0.2) is 30.6 Å². The van der Waals surface area contributed by atoms with Gasteiger partial charge in [-0.05, 0) is 44.7 Å². The van der Waals surface area contributed by atoms with Gasteiger partial charge in [0.15, 0.2) is 0 Å². The van der Waals surface area contributed by atoms with Crippen LogP contribution in [0.3, 0.4) is 0 Å². The smallest absolute Gasteiger partial charge is 0.0196 e. The fraction of sp³-hybridized carbons (Fsp3) is 1.00. The molecule has 1 aliphatic carbocycles. The molecule has 1 aliphatic heterocycles. The molecule has 0 aromatic carbocycles. The van der Waals surface area contributed by atoms with Crippen molar-refractivity contribution in [1.82, 2.24) is 4.90 Å². The Kier molecular flexibility index (Phi) is 3.82. The van der Waals surface area contributed by atoms with E-state index in [9.17, 15) is 0 Å². The maximum Gasteiger partial charge on any atom is 0.0196 e. The largest absolute Gasteiger partial charge is 0.326 e. The monoisotopic (exact) mass is 196 g/mol. The number of likely N-dealkylation sites (tertiary alicyclic amines) is 1. The van der Waals surface area contributed by atoms with Crippen molar-refractivity contribution in [3.63, 3.8) is 0 Å². The lowest BCUT2D eigenvalue weighted by Crippen LogP contribution is -2.40. The Morgan fingerprint density at radius 1 is 1.00 bits per heavy atom. The van der Waals surface area contributed by atoms with Crippen LogP contribution >= 0.6 is 0 Å². The predicted molar refractivity (Wildman–Crippen MR) is 60.2 cm³/mol. The first-order valence-electron chi connectivity index (χ1n) is 6.34. The van der Waals surface area contributed by atoms with E-state index in [1.165, 1.54) is 58.0 Å². The molecule has 0 spiro atoms. The standard InChI is InChI=1S/C12H24N2/c13-12(11-6-7-11)10-14-8-4-2-1-3-5-9-14/h11-12H,1-10,13H2. The quantitative estimate of drug-likeness (QED) is 0.748. The zero-order chi connectivity index (χ0) is 9.80. The van der Waals surface area contributed by atoms with Crippen molar-refractivity contribution < 1.29 is 0 Å². The van der Waals surface area contributed by atoms with Gasteiger partial charge in [-0.25, -0.2) is 0 Å². The Hall–Kier alpha value is -0.0800. The van der Waals surface area contributed by atoms with E-state index < -0.39 is 0 Å². The van der Waals surface area contributed by atoms with Gasteiger partial charge >= 0.3 is 0 Å². The maximum absolute atomic E-state index is 6.16. The van der Waals surface area contributed by atoms with Crippen LogP contribution in [0.25, 0.3) is 0 Å². The van der Waals surface area contributed by atoms with Crippen LogP contribution in [0.4, 0.5) is 0 Å². The van der Waals surface area contributed by atoms with Crippen molar-refractivity contribution in [2.24, 2.45) is 11.7 Å². The van der Waals surface area contributed by atoms with E-state index in [4.69, 9.17) is 5.73 Å². The molecular formula is C12H24N2. The Bertz CT molecular complexity index is 158. The van der Waals surface area contributed by atoms with Gasteiger partial charge in [0.25, 0.3) is 0 Å². The Labute approximate surface area is 87.8 Å². The topological polar surface area (TPSA) is 29.3 Å². The van der Waals surface area contributed by atoms with Gasteiger partial charge in [0.1, 0.15) is 0 Å². The number of nitrogens with zero attached hydrogens (tertiary/aromatic N) is 1. The maximum atomic E-state index is 6.16. The molecule has 2 nitrogen and oxygen atoms in total. The molecule has 0 aromatic rings. The van der Waals surface area contributed by atoms with E-state index >= 15 is 0 Å². The summed E-state index contributed by atoms with van der Waals surface area (Å²) >= 11 is 0. The fourth-order valence-corrected chi connectivity index (χ4v) is 2.47. The van der Waals surface area contributed by atoms with Gasteiger partial charge in [0.2, 0.25) is 0 Å². The third kappa shape index (κ3) is 3.25. The van der Waals surface area contributed by atoms with Crippen LogP contribution in [0.15, 0.2) is 0 Å². The van der Waals surface area contributed by atoms with Gasteiger partial charge in [-0.2, -0.15) is 0 Å². The normalized spacial score (nSPS) is 28.1. The first-order chi connectivity index (χ1) is 6.86. The Morgan fingerprint density at radius 2 is 1.57 bits per heavy atom. The molecular weight excluding hydrogens is 172 g/mol. The Morgan fingerprint density at radius 3 is 2.14 bits per heavy atom. The molecule has 1 saturated heterocycles. The predicted octanol–water partition coefficient (Wildman–Crippen LogP) is 1.99. The zero-order valence-electron chi connectivity index (χ0n) is 9.25. The molecule has 0 amide bonds. The van der Waals surface area contributed by atoms with Crippen LogP contribution in [0.2, 0.25) is 0 Å². The summed E-state index contributed by atoms with van der Waals surface area (Å²) in [6.45, 7) is 3.74. The summed E-state index contributed by atoms with van der Waals surface area (Å²) in [6, 6.07) is 0.467. The van der Waals surface area contributed by atoms with Gasteiger partial charge in [-0.15, -0.1) is 0 Å². The molecule has 0 bridgehead atoms.